The minimum absolute atomic E-state index is 0.190. The van der Waals surface area contributed by atoms with Crippen molar-refractivity contribution in [3.8, 4) is 0 Å². The molecule has 1 atom stereocenters. The number of halogens is 1. The lowest BCUT2D eigenvalue weighted by atomic mass is 9.89. The minimum atomic E-state index is -0.429. The summed E-state index contributed by atoms with van der Waals surface area (Å²) >= 11 is 5.15. The molecular formula is C13H20BrNOS. The van der Waals surface area contributed by atoms with Crippen LogP contribution in [0.5, 0.6) is 0 Å². The molecule has 0 spiro atoms. The van der Waals surface area contributed by atoms with Crippen molar-refractivity contribution in [2.45, 2.75) is 44.8 Å². The lowest BCUT2D eigenvalue weighted by Gasteiger charge is -2.44. The van der Waals surface area contributed by atoms with Crippen molar-refractivity contribution < 1.29 is 5.11 Å². The maximum absolute atomic E-state index is 10.6. The van der Waals surface area contributed by atoms with Crippen molar-refractivity contribution in [1.82, 2.24) is 4.90 Å². The monoisotopic (exact) mass is 317 g/mol. The number of likely N-dealkylation sites (tertiary alicyclic amines) is 1. The van der Waals surface area contributed by atoms with Gasteiger partial charge in [-0.05, 0) is 61.1 Å². The molecule has 1 aromatic rings. The quantitative estimate of drug-likeness (QED) is 0.916. The highest BCUT2D eigenvalue weighted by Gasteiger charge is 2.36. The first-order valence-corrected chi connectivity index (χ1v) is 7.92. The molecule has 1 saturated heterocycles. The van der Waals surface area contributed by atoms with Crippen LogP contribution in [0.1, 0.15) is 44.8 Å². The van der Waals surface area contributed by atoms with Gasteiger partial charge in [-0.1, -0.05) is 6.42 Å². The van der Waals surface area contributed by atoms with E-state index in [1.54, 1.807) is 11.3 Å². The third kappa shape index (κ3) is 2.75. The first kappa shape index (κ1) is 13.5. The summed E-state index contributed by atoms with van der Waals surface area (Å²) in [6.45, 7) is 6.50. The molecule has 1 fully saturated rings. The minimum Gasteiger partial charge on any atom is -0.386 e. The molecular weight excluding hydrogens is 298 g/mol. The Labute approximate surface area is 116 Å². The second kappa shape index (κ2) is 5.39. The molecule has 4 heteroatoms. The standard InChI is InChI=1S/C13H20BrNOS/c1-13(2,15-6-4-3-5-7-15)12(16)10-8-17-9-11(10)14/h8-9,12,16H,3-7H2,1-2H3. The van der Waals surface area contributed by atoms with Gasteiger partial charge in [0.1, 0.15) is 0 Å². The van der Waals surface area contributed by atoms with Crippen LogP contribution >= 0.6 is 27.3 Å². The van der Waals surface area contributed by atoms with E-state index in [1.807, 2.05) is 10.8 Å². The zero-order valence-electron chi connectivity index (χ0n) is 10.4. The maximum Gasteiger partial charge on any atom is 0.0987 e. The number of hydrogen-bond acceptors (Lipinski definition) is 3. The molecule has 1 aliphatic heterocycles. The molecule has 17 heavy (non-hydrogen) atoms. The van der Waals surface area contributed by atoms with E-state index >= 15 is 0 Å². The van der Waals surface area contributed by atoms with Crippen LogP contribution < -0.4 is 0 Å². The van der Waals surface area contributed by atoms with E-state index in [0.717, 1.165) is 23.1 Å². The number of piperidine rings is 1. The van der Waals surface area contributed by atoms with Crippen molar-refractivity contribution in [3.63, 3.8) is 0 Å². The van der Waals surface area contributed by atoms with E-state index in [0.29, 0.717) is 0 Å². The first-order valence-electron chi connectivity index (χ1n) is 6.18. The van der Waals surface area contributed by atoms with Gasteiger partial charge in [-0.3, -0.25) is 4.90 Å². The van der Waals surface area contributed by atoms with Crippen LogP contribution in [0.3, 0.4) is 0 Å². The van der Waals surface area contributed by atoms with Crippen molar-refractivity contribution >= 4 is 27.3 Å². The lowest BCUT2D eigenvalue weighted by molar-refractivity contribution is -0.0210. The lowest BCUT2D eigenvalue weighted by Crippen LogP contribution is -2.50. The molecule has 2 rings (SSSR count). The van der Waals surface area contributed by atoms with Crippen molar-refractivity contribution in [2.24, 2.45) is 0 Å². The average molecular weight is 318 g/mol. The van der Waals surface area contributed by atoms with Crippen LogP contribution in [0, 0.1) is 0 Å². The van der Waals surface area contributed by atoms with Gasteiger partial charge in [-0.25, -0.2) is 0 Å². The summed E-state index contributed by atoms with van der Waals surface area (Å²) in [6, 6.07) is 0. The molecule has 0 aliphatic carbocycles. The predicted octanol–water partition coefficient (Wildman–Crippen LogP) is 3.81. The Balaban J connectivity index is 2.16. The zero-order valence-corrected chi connectivity index (χ0v) is 12.9. The summed E-state index contributed by atoms with van der Waals surface area (Å²) in [7, 11) is 0. The van der Waals surface area contributed by atoms with E-state index in [4.69, 9.17) is 0 Å². The molecule has 1 N–H and O–H groups in total. The zero-order chi connectivity index (χ0) is 12.5. The van der Waals surface area contributed by atoms with Gasteiger partial charge < -0.3 is 5.11 Å². The first-order chi connectivity index (χ1) is 8.03. The molecule has 1 aromatic heterocycles. The second-order valence-corrected chi connectivity index (χ2v) is 6.88. The molecule has 2 heterocycles. The van der Waals surface area contributed by atoms with Crippen LogP contribution in [0.25, 0.3) is 0 Å². The summed E-state index contributed by atoms with van der Waals surface area (Å²) in [5, 5.41) is 14.7. The van der Waals surface area contributed by atoms with Crippen molar-refractivity contribution in [2.75, 3.05) is 13.1 Å². The highest BCUT2D eigenvalue weighted by molar-refractivity contribution is 9.10. The summed E-state index contributed by atoms with van der Waals surface area (Å²) in [4.78, 5) is 2.42. The van der Waals surface area contributed by atoms with Crippen LogP contribution in [0.4, 0.5) is 0 Å². The van der Waals surface area contributed by atoms with Crippen LogP contribution in [-0.4, -0.2) is 28.6 Å². The Morgan fingerprint density at radius 1 is 1.29 bits per heavy atom. The Kier molecular flexibility index (Phi) is 4.29. The fourth-order valence-corrected chi connectivity index (χ4v) is 4.04. The molecule has 0 amide bonds. The SMILES string of the molecule is CC(C)(C(O)c1cscc1Br)N1CCCCC1. The van der Waals surface area contributed by atoms with Crippen LogP contribution in [0.2, 0.25) is 0 Å². The summed E-state index contributed by atoms with van der Waals surface area (Å²) in [6.07, 6.45) is 3.40. The summed E-state index contributed by atoms with van der Waals surface area (Å²) in [5.74, 6) is 0. The summed E-state index contributed by atoms with van der Waals surface area (Å²) < 4.78 is 1.03. The molecule has 0 aromatic carbocycles. The third-order valence-corrected chi connectivity index (χ3v) is 5.53. The van der Waals surface area contributed by atoms with Gasteiger partial charge in [0.2, 0.25) is 0 Å². The highest BCUT2D eigenvalue weighted by Crippen LogP contribution is 2.37. The Hall–Kier alpha value is 0.1000. The van der Waals surface area contributed by atoms with Crippen LogP contribution in [-0.2, 0) is 0 Å². The molecule has 0 radical (unpaired) electrons. The van der Waals surface area contributed by atoms with E-state index in [9.17, 15) is 5.11 Å². The molecule has 96 valence electrons. The number of aliphatic hydroxyl groups excluding tert-OH is 1. The van der Waals surface area contributed by atoms with E-state index in [2.05, 4.69) is 34.7 Å². The number of hydrogen-bond donors (Lipinski definition) is 1. The largest absolute Gasteiger partial charge is 0.386 e. The van der Waals surface area contributed by atoms with Gasteiger partial charge in [0.25, 0.3) is 0 Å². The number of nitrogens with zero attached hydrogens (tertiary/aromatic N) is 1. The molecule has 0 saturated carbocycles. The number of thiophene rings is 1. The van der Waals surface area contributed by atoms with Gasteiger partial charge in [-0.2, -0.15) is 11.3 Å². The highest BCUT2D eigenvalue weighted by atomic mass is 79.9. The van der Waals surface area contributed by atoms with Crippen molar-refractivity contribution in [1.29, 1.82) is 0 Å². The van der Waals surface area contributed by atoms with Gasteiger partial charge in [-0.15, -0.1) is 0 Å². The molecule has 2 nitrogen and oxygen atoms in total. The molecule has 0 bridgehead atoms. The Morgan fingerprint density at radius 2 is 1.94 bits per heavy atom. The average Bonchev–Trinajstić information content (AvgIpc) is 2.75. The number of rotatable bonds is 3. The Morgan fingerprint density at radius 3 is 2.47 bits per heavy atom. The third-order valence-electron chi connectivity index (χ3n) is 3.78. The molecule has 1 aliphatic rings. The van der Waals surface area contributed by atoms with Gasteiger partial charge in [0.05, 0.1) is 6.10 Å². The normalized spacial score (nSPS) is 20.5. The topological polar surface area (TPSA) is 23.5 Å². The van der Waals surface area contributed by atoms with Gasteiger partial charge in [0, 0.05) is 21.0 Å². The van der Waals surface area contributed by atoms with E-state index < -0.39 is 6.10 Å². The smallest absolute Gasteiger partial charge is 0.0987 e. The maximum atomic E-state index is 10.6. The van der Waals surface area contributed by atoms with Crippen LogP contribution in [0.15, 0.2) is 15.2 Å². The van der Waals surface area contributed by atoms with Gasteiger partial charge >= 0.3 is 0 Å². The number of aliphatic hydroxyl groups is 1. The Bertz CT molecular complexity index is 371. The van der Waals surface area contributed by atoms with Gasteiger partial charge in [0.15, 0.2) is 0 Å². The van der Waals surface area contributed by atoms with Crippen molar-refractivity contribution in [3.05, 3.63) is 20.8 Å². The van der Waals surface area contributed by atoms with E-state index in [1.165, 1.54) is 19.3 Å². The summed E-state index contributed by atoms with van der Waals surface area (Å²) in [5.41, 5.74) is 0.829. The second-order valence-electron chi connectivity index (χ2n) is 5.28. The molecule has 1 unspecified atom stereocenters. The van der Waals surface area contributed by atoms with E-state index in [-0.39, 0.29) is 5.54 Å². The fourth-order valence-electron chi connectivity index (χ4n) is 2.51. The fraction of sp³-hybridized carbons (Fsp3) is 0.692. The predicted molar refractivity (Wildman–Crippen MR) is 76.5 cm³/mol.